The molecule has 7 heteroatoms. The van der Waals surface area contributed by atoms with Gasteiger partial charge in [0.1, 0.15) is 5.69 Å². The van der Waals surface area contributed by atoms with Gasteiger partial charge in [0.2, 0.25) is 0 Å². The van der Waals surface area contributed by atoms with E-state index in [1.54, 1.807) is 6.07 Å². The highest BCUT2D eigenvalue weighted by Crippen LogP contribution is 2.10. The lowest BCUT2D eigenvalue weighted by atomic mass is 10.3. The van der Waals surface area contributed by atoms with Crippen LogP contribution < -0.4 is 11.1 Å². The fourth-order valence-electron chi connectivity index (χ4n) is 1.44. The normalized spacial score (nSPS) is 11.6. The number of alkyl halides is 2. The Kier molecular flexibility index (Phi) is 4.77. The van der Waals surface area contributed by atoms with Crippen molar-refractivity contribution in [1.29, 1.82) is 0 Å². The number of aryl methyl sites for hydroxylation is 2. The van der Waals surface area contributed by atoms with E-state index < -0.39 is 24.9 Å². The third-order valence-corrected chi connectivity index (χ3v) is 2.53. The molecule has 0 bridgehead atoms. The minimum absolute atomic E-state index is 0.294. The third-order valence-electron chi connectivity index (χ3n) is 2.53. The number of carbonyl (C=O) groups excluding carboxylic acids is 1. The average molecular weight is 260 g/mol. The second kappa shape index (κ2) is 5.90. The standard InChI is InChI=1S/C11H18F2N4O/c1-3-8-5-9(17(4-2)16-8)10(18)15-7-11(12,13)6-14/h5H,3-4,6-7,14H2,1-2H3,(H,15,18). The number of amides is 1. The van der Waals surface area contributed by atoms with E-state index in [9.17, 15) is 13.6 Å². The van der Waals surface area contributed by atoms with E-state index >= 15 is 0 Å². The van der Waals surface area contributed by atoms with Crippen LogP contribution in [-0.4, -0.2) is 34.7 Å². The fourth-order valence-corrected chi connectivity index (χ4v) is 1.44. The van der Waals surface area contributed by atoms with Crippen molar-refractivity contribution in [2.75, 3.05) is 13.1 Å². The van der Waals surface area contributed by atoms with Crippen molar-refractivity contribution in [3.05, 3.63) is 17.5 Å². The van der Waals surface area contributed by atoms with Crippen LogP contribution in [0.25, 0.3) is 0 Å². The molecule has 0 spiro atoms. The molecular weight excluding hydrogens is 242 g/mol. The summed E-state index contributed by atoms with van der Waals surface area (Å²) in [5.74, 6) is -3.64. The molecule has 0 radical (unpaired) electrons. The summed E-state index contributed by atoms with van der Waals surface area (Å²) < 4.78 is 27.3. The van der Waals surface area contributed by atoms with E-state index in [-0.39, 0.29) is 0 Å². The van der Waals surface area contributed by atoms with Crippen LogP contribution in [0.15, 0.2) is 6.07 Å². The van der Waals surface area contributed by atoms with E-state index in [0.717, 1.165) is 5.69 Å². The van der Waals surface area contributed by atoms with Crippen LogP contribution >= 0.6 is 0 Å². The van der Waals surface area contributed by atoms with E-state index in [4.69, 9.17) is 5.73 Å². The first kappa shape index (κ1) is 14.6. The summed E-state index contributed by atoms with van der Waals surface area (Å²) in [6, 6.07) is 1.61. The van der Waals surface area contributed by atoms with Crippen LogP contribution in [0.4, 0.5) is 8.78 Å². The molecular formula is C11H18F2N4O. The van der Waals surface area contributed by atoms with Gasteiger partial charge in [-0.2, -0.15) is 5.10 Å². The van der Waals surface area contributed by atoms with Gasteiger partial charge in [0.15, 0.2) is 0 Å². The van der Waals surface area contributed by atoms with Crippen LogP contribution in [0.2, 0.25) is 0 Å². The smallest absolute Gasteiger partial charge is 0.277 e. The lowest BCUT2D eigenvalue weighted by molar-refractivity contribution is 0.0117. The Labute approximate surface area is 104 Å². The van der Waals surface area contributed by atoms with Crippen molar-refractivity contribution in [2.45, 2.75) is 32.7 Å². The number of rotatable bonds is 6. The maximum absolute atomic E-state index is 12.9. The Bertz CT molecular complexity index is 417. The van der Waals surface area contributed by atoms with Crippen molar-refractivity contribution < 1.29 is 13.6 Å². The summed E-state index contributed by atoms with van der Waals surface area (Å²) in [7, 11) is 0. The number of nitrogens with two attached hydrogens (primary N) is 1. The number of nitrogens with one attached hydrogen (secondary N) is 1. The topological polar surface area (TPSA) is 72.9 Å². The van der Waals surface area contributed by atoms with Crippen LogP contribution in [0.3, 0.4) is 0 Å². The molecule has 0 saturated carbocycles. The number of halogens is 2. The molecule has 0 saturated heterocycles. The van der Waals surface area contributed by atoms with Crippen LogP contribution in [0.5, 0.6) is 0 Å². The van der Waals surface area contributed by atoms with Crippen molar-refractivity contribution in [3.63, 3.8) is 0 Å². The maximum Gasteiger partial charge on any atom is 0.277 e. The summed E-state index contributed by atoms with van der Waals surface area (Å²) in [6.07, 6.45) is 0.687. The average Bonchev–Trinajstić information content (AvgIpc) is 2.79. The molecule has 0 aliphatic heterocycles. The van der Waals surface area contributed by atoms with Gasteiger partial charge in [-0.3, -0.25) is 9.48 Å². The highest BCUT2D eigenvalue weighted by molar-refractivity contribution is 5.92. The molecule has 0 aliphatic rings. The summed E-state index contributed by atoms with van der Waals surface area (Å²) in [6.45, 7) is 2.69. The molecule has 0 atom stereocenters. The van der Waals surface area contributed by atoms with E-state index in [0.29, 0.717) is 18.7 Å². The minimum Gasteiger partial charge on any atom is -0.345 e. The van der Waals surface area contributed by atoms with Gasteiger partial charge in [-0.05, 0) is 19.4 Å². The first-order chi connectivity index (χ1) is 8.43. The zero-order valence-electron chi connectivity index (χ0n) is 10.5. The predicted octanol–water partition coefficient (Wildman–Crippen LogP) is 0.789. The summed E-state index contributed by atoms with van der Waals surface area (Å²) in [4.78, 5) is 11.8. The summed E-state index contributed by atoms with van der Waals surface area (Å²) >= 11 is 0. The highest BCUT2D eigenvalue weighted by Gasteiger charge is 2.28. The fraction of sp³-hybridized carbons (Fsp3) is 0.636. The van der Waals surface area contributed by atoms with Crippen molar-refractivity contribution in [2.24, 2.45) is 5.73 Å². The quantitative estimate of drug-likeness (QED) is 0.794. The predicted molar refractivity (Wildman–Crippen MR) is 63.6 cm³/mol. The molecule has 102 valence electrons. The Balaban J connectivity index is 2.75. The first-order valence-corrected chi connectivity index (χ1v) is 5.86. The molecule has 1 amide bonds. The lowest BCUT2D eigenvalue weighted by Gasteiger charge is -2.14. The Morgan fingerprint density at radius 2 is 2.22 bits per heavy atom. The molecule has 1 rings (SSSR count). The molecule has 0 unspecified atom stereocenters. The Morgan fingerprint density at radius 1 is 1.56 bits per heavy atom. The van der Waals surface area contributed by atoms with Gasteiger partial charge < -0.3 is 11.1 Å². The van der Waals surface area contributed by atoms with Gasteiger partial charge >= 0.3 is 0 Å². The largest absolute Gasteiger partial charge is 0.345 e. The van der Waals surface area contributed by atoms with Crippen molar-refractivity contribution in [1.82, 2.24) is 15.1 Å². The van der Waals surface area contributed by atoms with Crippen molar-refractivity contribution >= 4 is 5.91 Å². The number of nitrogens with zero attached hydrogens (tertiary/aromatic N) is 2. The molecule has 3 N–H and O–H groups in total. The van der Waals surface area contributed by atoms with Crippen molar-refractivity contribution in [3.8, 4) is 0 Å². The maximum atomic E-state index is 12.9. The summed E-state index contributed by atoms with van der Waals surface area (Å²) in [5.41, 5.74) is 5.94. The van der Waals surface area contributed by atoms with Crippen LogP contribution in [0, 0.1) is 0 Å². The molecule has 0 fully saturated rings. The number of hydrogen-bond donors (Lipinski definition) is 2. The van der Waals surface area contributed by atoms with Gasteiger partial charge in [0.25, 0.3) is 11.8 Å². The highest BCUT2D eigenvalue weighted by atomic mass is 19.3. The van der Waals surface area contributed by atoms with Crippen LogP contribution in [0.1, 0.15) is 30.0 Å². The van der Waals surface area contributed by atoms with E-state index in [1.165, 1.54) is 4.68 Å². The Hall–Kier alpha value is -1.50. The van der Waals surface area contributed by atoms with E-state index in [1.807, 2.05) is 13.8 Å². The molecule has 1 aromatic rings. The second-order valence-corrected chi connectivity index (χ2v) is 3.93. The Morgan fingerprint density at radius 3 is 2.72 bits per heavy atom. The lowest BCUT2D eigenvalue weighted by Crippen LogP contribution is -2.42. The summed E-state index contributed by atoms with van der Waals surface area (Å²) in [5, 5.41) is 6.35. The zero-order valence-corrected chi connectivity index (χ0v) is 10.5. The van der Waals surface area contributed by atoms with Crippen LogP contribution in [-0.2, 0) is 13.0 Å². The minimum atomic E-state index is -3.08. The number of carbonyl (C=O) groups is 1. The van der Waals surface area contributed by atoms with Gasteiger partial charge in [0.05, 0.1) is 18.8 Å². The number of hydrogen-bond acceptors (Lipinski definition) is 3. The second-order valence-electron chi connectivity index (χ2n) is 3.93. The SMILES string of the molecule is CCc1cc(C(=O)NCC(F)(F)CN)n(CC)n1. The molecule has 5 nitrogen and oxygen atoms in total. The van der Waals surface area contributed by atoms with Gasteiger partial charge in [-0.1, -0.05) is 6.92 Å². The molecule has 0 aliphatic carbocycles. The van der Waals surface area contributed by atoms with E-state index in [2.05, 4.69) is 10.4 Å². The molecule has 0 aromatic carbocycles. The number of aromatic nitrogens is 2. The van der Waals surface area contributed by atoms with Gasteiger partial charge in [-0.15, -0.1) is 0 Å². The molecule has 18 heavy (non-hydrogen) atoms. The third kappa shape index (κ3) is 3.49. The zero-order chi connectivity index (χ0) is 13.8. The monoisotopic (exact) mass is 260 g/mol. The van der Waals surface area contributed by atoms with Gasteiger partial charge in [0, 0.05) is 6.54 Å². The molecule has 1 aromatic heterocycles. The molecule has 1 heterocycles. The van der Waals surface area contributed by atoms with Gasteiger partial charge in [-0.25, -0.2) is 8.78 Å². The first-order valence-electron chi connectivity index (χ1n) is 5.86.